The predicted molar refractivity (Wildman–Crippen MR) is 79.3 cm³/mol. The van der Waals surface area contributed by atoms with Crippen LogP contribution < -0.4 is 0 Å². The van der Waals surface area contributed by atoms with E-state index in [2.05, 4.69) is 24.5 Å². The van der Waals surface area contributed by atoms with Gasteiger partial charge in [-0.05, 0) is 17.4 Å². The summed E-state index contributed by atoms with van der Waals surface area (Å²) in [4.78, 5) is 11.6. The number of methoxy groups -OCH3 is 1. The second kappa shape index (κ2) is 6.56. The van der Waals surface area contributed by atoms with Crippen LogP contribution in [0.3, 0.4) is 0 Å². The summed E-state index contributed by atoms with van der Waals surface area (Å²) < 4.78 is 4.61. The van der Waals surface area contributed by atoms with Crippen molar-refractivity contribution >= 4 is 5.97 Å². The number of carbonyl (C=O) groups is 1. The van der Waals surface area contributed by atoms with Crippen molar-refractivity contribution in [1.82, 2.24) is 0 Å². The molecule has 1 fully saturated rings. The number of allylic oxidation sites excluding steroid dienone is 1. The van der Waals surface area contributed by atoms with E-state index in [4.69, 9.17) is 0 Å². The maximum atomic E-state index is 11.6. The summed E-state index contributed by atoms with van der Waals surface area (Å²) in [6.45, 7) is 12.7. The lowest BCUT2D eigenvalue weighted by atomic mass is 9.58. The highest BCUT2D eigenvalue weighted by atomic mass is 16.5. The fourth-order valence-electron chi connectivity index (χ4n) is 3.25. The third kappa shape index (κ3) is 3.10. The van der Waals surface area contributed by atoms with E-state index in [-0.39, 0.29) is 18.6 Å². The summed E-state index contributed by atoms with van der Waals surface area (Å²) in [6.07, 6.45) is -0.152. The van der Waals surface area contributed by atoms with Gasteiger partial charge in [-0.15, -0.1) is 6.58 Å². The molecular formula is C16H24O5. The molecule has 0 aliphatic heterocycles. The summed E-state index contributed by atoms with van der Waals surface area (Å²) in [5.74, 6) is -2.07. The maximum Gasteiger partial charge on any atom is 0.333 e. The monoisotopic (exact) mass is 296 g/mol. The van der Waals surface area contributed by atoms with Crippen LogP contribution in [-0.2, 0) is 9.53 Å². The van der Waals surface area contributed by atoms with Crippen LogP contribution in [0.15, 0.2) is 37.0 Å². The molecule has 5 heteroatoms. The Balaban J connectivity index is 3.22. The van der Waals surface area contributed by atoms with Gasteiger partial charge in [-0.1, -0.05) is 26.2 Å². The van der Waals surface area contributed by atoms with Crippen molar-refractivity contribution in [2.45, 2.75) is 25.6 Å². The second-order valence-electron chi connectivity index (χ2n) is 5.81. The van der Waals surface area contributed by atoms with E-state index in [9.17, 15) is 20.1 Å². The number of aliphatic hydroxyl groups excluding tert-OH is 3. The van der Waals surface area contributed by atoms with E-state index in [0.29, 0.717) is 5.57 Å². The molecule has 0 amide bonds. The van der Waals surface area contributed by atoms with E-state index >= 15 is 0 Å². The molecule has 0 aromatic rings. The van der Waals surface area contributed by atoms with E-state index in [1.807, 2.05) is 6.92 Å². The highest BCUT2D eigenvalue weighted by Gasteiger charge is 2.51. The minimum absolute atomic E-state index is 0.0133. The van der Waals surface area contributed by atoms with Crippen LogP contribution in [0.1, 0.15) is 13.3 Å². The van der Waals surface area contributed by atoms with Gasteiger partial charge < -0.3 is 20.1 Å². The van der Waals surface area contributed by atoms with E-state index < -0.39 is 35.4 Å². The molecule has 0 bridgehead atoms. The molecule has 0 spiro atoms. The molecule has 0 unspecified atom stereocenters. The maximum absolute atomic E-state index is 11.6. The number of rotatable bonds is 5. The number of hydrogen-bond acceptors (Lipinski definition) is 5. The first-order valence-corrected chi connectivity index (χ1v) is 6.78. The van der Waals surface area contributed by atoms with Gasteiger partial charge in [0.15, 0.2) is 0 Å². The highest BCUT2D eigenvalue weighted by molar-refractivity contribution is 5.88. The van der Waals surface area contributed by atoms with Crippen LogP contribution in [0.25, 0.3) is 0 Å². The second-order valence-corrected chi connectivity index (χ2v) is 5.81. The van der Waals surface area contributed by atoms with E-state index in [1.165, 1.54) is 7.11 Å². The topological polar surface area (TPSA) is 87.0 Å². The molecular weight excluding hydrogens is 272 g/mol. The smallest absolute Gasteiger partial charge is 0.333 e. The lowest BCUT2D eigenvalue weighted by Gasteiger charge is -2.49. The normalized spacial score (nSPS) is 35.9. The minimum atomic E-state index is -1.11. The van der Waals surface area contributed by atoms with Crippen LogP contribution >= 0.6 is 0 Å². The first kappa shape index (κ1) is 17.6. The van der Waals surface area contributed by atoms with Crippen molar-refractivity contribution in [3.05, 3.63) is 37.0 Å². The standard InChI is InChI=1S/C16H24O5/c1-6-16(4)7-11(18)12(10(3)15(20)21-5)14(19)13(16)9(2)8-17/h6,11-14,17-19H,1-3,7-8H2,4-5H3/t11-,12+,13+,14-,16+/m0/s1. The number of carbonyl (C=O) groups excluding carboxylic acids is 1. The molecule has 0 saturated heterocycles. The highest BCUT2D eigenvalue weighted by Crippen LogP contribution is 2.49. The van der Waals surface area contributed by atoms with E-state index in [0.717, 1.165) is 0 Å². The molecule has 5 atom stereocenters. The molecule has 5 nitrogen and oxygen atoms in total. The predicted octanol–water partition coefficient (Wildman–Crippen LogP) is 0.814. The van der Waals surface area contributed by atoms with Crippen LogP contribution in [0.2, 0.25) is 0 Å². The Bertz CT molecular complexity index is 456. The Hall–Kier alpha value is -1.43. The van der Waals surface area contributed by atoms with Crippen LogP contribution in [0, 0.1) is 17.3 Å². The average molecular weight is 296 g/mol. The van der Waals surface area contributed by atoms with E-state index in [1.54, 1.807) is 6.08 Å². The lowest BCUT2D eigenvalue weighted by Crippen LogP contribution is -2.53. The van der Waals surface area contributed by atoms with Gasteiger partial charge in [0.1, 0.15) is 0 Å². The Labute approximate surface area is 125 Å². The molecule has 0 aromatic heterocycles. The van der Waals surface area contributed by atoms with Crippen molar-refractivity contribution in [2.75, 3.05) is 13.7 Å². The molecule has 0 aromatic carbocycles. The zero-order valence-corrected chi connectivity index (χ0v) is 12.6. The average Bonchev–Trinajstić information content (AvgIpc) is 2.45. The zero-order valence-electron chi connectivity index (χ0n) is 12.6. The third-order valence-electron chi connectivity index (χ3n) is 4.44. The first-order chi connectivity index (χ1) is 9.73. The van der Waals surface area contributed by atoms with Gasteiger partial charge in [-0.2, -0.15) is 0 Å². The number of esters is 1. The van der Waals surface area contributed by atoms with Gasteiger partial charge >= 0.3 is 5.97 Å². The van der Waals surface area contributed by atoms with Gasteiger partial charge in [0, 0.05) is 17.4 Å². The Morgan fingerprint density at radius 2 is 2.00 bits per heavy atom. The number of aliphatic hydroxyl groups is 3. The van der Waals surface area contributed by atoms with Crippen LogP contribution in [0.4, 0.5) is 0 Å². The van der Waals surface area contributed by atoms with Crippen molar-refractivity contribution in [2.24, 2.45) is 17.3 Å². The largest absolute Gasteiger partial charge is 0.466 e. The zero-order chi connectivity index (χ0) is 16.4. The van der Waals surface area contributed by atoms with Gasteiger partial charge in [0.25, 0.3) is 0 Å². The Morgan fingerprint density at radius 1 is 1.43 bits per heavy atom. The molecule has 3 N–H and O–H groups in total. The van der Waals surface area contributed by atoms with Crippen molar-refractivity contribution in [3.63, 3.8) is 0 Å². The molecule has 1 aliphatic carbocycles. The molecule has 1 rings (SSSR count). The van der Waals surface area contributed by atoms with Gasteiger partial charge in [-0.3, -0.25) is 0 Å². The van der Waals surface area contributed by atoms with Crippen LogP contribution in [-0.4, -0.2) is 47.2 Å². The fraction of sp³-hybridized carbons (Fsp3) is 0.562. The minimum Gasteiger partial charge on any atom is -0.466 e. The van der Waals surface area contributed by atoms with Crippen LogP contribution in [0.5, 0.6) is 0 Å². The quantitative estimate of drug-likeness (QED) is 0.397. The Morgan fingerprint density at radius 3 is 2.43 bits per heavy atom. The van der Waals surface area contributed by atoms with Gasteiger partial charge in [0.05, 0.1) is 25.9 Å². The molecule has 1 aliphatic rings. The third-order valence-corrected chi connectivity index (χ3v) is 4.44. The molecule has 0 heterocycles. The Kier molecular flexibility index (Phi) is 5.50. The lowest BCUT2D eigenvalue weighted by molar-refractivity contribution is -0.140. The fourth-order valence-corrected chi connectivity index (χ4v) is 3.25. The first-order valence-electron chi connectivity index (χ1n) is 6.78. The summed E-state index contributed by atoms with van der Waals surface area (Å²) in [5, 5.41) is 30.3. The summed E-state index contributed by atoms with van der Waals surface area (Å²) in [7, 11) is 1.22. The number of ether oxygens (including phenoxy) is 1. The molecule has 118 valence electrons. The van der Waals surface area contributed by atoms with Crippen molar-refractivity contribution in [3.8, 4) is 0 Å². The van der Waals surface area contributed by atoms with Gasteiger partial charge in [0.2, 0.25) is 0 Å². The SMILES string of the molecule is C=C[C@]1(C)C[C@H](O)[C@@H](C(=C)C(=O)OC)[C@H](O)[C@H]1C(=C)CO. The van der Waals surface area contributed by atoms with Crippen molar-refractivity contribution < 1.29 is 24.9 Å². The summed E-state index contributed by atoms with van der Waals surface area (Å²) in [6, 6.07) is 0. The molecule has 21 heavy (non-hydrogen) atoms. The summed E-state index contributed by atoms with van der Waals surface area (Å²) >= 11 is 0. The van der Waals surface area contributed by atoms with Crippen molar-refractivity contribution in [1.29, 1.82) is 0 Å². The summed E-state index contributed by atoms with van der Waals surface area (Å²) in [5.41, 5.74) is -0.190. The molecule has 1 saturated carbocycles. The number of hydrogen-bond donors (Lipinski definition) is 3. The van der Waals surface area contributed by atoms with Gasteiger partial charge in [-0.25, -0.2) is 4.79 Å². The molecule has 0 radical (unpaired) electrons.